The third kappa shape index (κ3) is 5.47. The highest BCUT2D eigenvalue weighted by molar-refractivity contribution is 7.12. The number of carbonyl (C=O) groups is 2. The van der Waals surface area contributed by atoms with Gasteiger partial charge in [-0.1, -0.05) is 6.07 Å². The summed E-state index contributed by atoms with van der Waals surface area (Å²) in [5, 5.41) is 17.1. The molecule has 0 unspecified atom stereocenters. The summed E-state index contributed by atoms with van der Waals surface area (Å²) in [6.45, 7) is 0.507. The molecule has 1 saturated carbocycles. The van der Waals surface area contributed by atoms with Crippen LogP contribution in [0.4, 0.5) is 0 Å². The third-order valence-corrected chi connectivity index (χ3v) is 4.54. The highest BCUT2D eigenvalue weighted by atomic mass is 32.1. The van der Waals surface area contributed by atoms with E-state index in [4.69, 9.17) is 0 Å². The molecule has 0 spiro atoms. The maximum Gasteiger partial charge on any atom is 0.261 e. The summed E-state index contributed by atoms with van der Waals surface area (Å²) in [4.78, 5) is 24.1. The maximum atomic E-state index is 11.8. The SMILES string of the molecule is O=C(CCCNC(=O)c1cccs1)NC1CCC(O)CC1. The van der Waals surface area contributed by atoms with E-state index in [9.17, 15) is 14.7 Å². The van der Waals surface area contributed by atoms with E-state index < -0.39 is 0 Å². The van der Waals surface area contributed by atoms with E-state index >= 15 is 0 Å². The van der Waals surface area contributed by atoms with Crippen molar-refractivity contribution >= 4 is 23.2 Å². The van der Waals surface area contributed by atoms with Crippen LogP contribution in [0.15, 0.2) is 17.5 Å². The van der Waals surface area contributed by atoms with E-state index in [-0.39, 0.29) is 24.0 Å². The van der Waals surface area contributed by atoms with E-state index in [0.717, 1.165) is 25.7 Å². The second-order valence-corrected chi connectivity index (χ2v) is 6.36. The summed E-state index contributed by atoms with van der Waals surface area (Å²) in [6, 6.07) is 3.82. The van der Waals surface area contributed by atoms with Gasteiger partial charge in [0.1, 0.15) is 0 Å². The molecule has 1 heterocycles. The van der Waals surface area contributed by atoms with Gasteiger partial charge >= 0.3 is 0 Å². The largest absolute Gasteiger partial charge is 0.393 e. The van der Waals surface area contributed by atoms with Crippen LogP contribution in [0.1, 0.15) is 48.2 Å². The number of hydrogen-bond donors (Lipinski definition) is 3. The van der Waals surface area contributed by atoms with Gasteiger partial charge in [0.2, 0.25) is 5.91 Å². The summed E-state index contributed by atoms with van der Waals surface area (Å²) in [5.74, 6) is -0.0477. The molecule has 0 bridgehead atoms. The lowest BCUT2D eigenvalue weighted by molar-refractivity contribution is -0.122. The predicted octanol–water partition coefficient (Wildman–Crippen LogP) is 1.68. The van der Waals surface area contributed by atoms with Crippen molar-refractivity contribution in [2.75, 3.05) is 6.54 Å². The third-order valence-electron chi connectivity index (χ3n) is 3.67. The minimum atomic E-state index is -0.203. The molecule has 5 nitrogen and oxygen atoms in total. The molecule has 0 atom stereocenters. The van der Waals surface area contributed by atoms with E-state index in [2.05, 4.69) is 10.6 Å². The van der Waals surface area contributed by atoms with Crippen LogP contribution in [0.5, 0.6) is 0 Å². The lowest BCUT2D eigenvalue weighted by Crippen LogP contribution is -2.38. The Morgan fingerprint density at radius 3 is 2.71 bits per heavy atom. The highest BCUT2D eigenvalue weighted by Crippen LogP contribution is 2.18. The highest BCUT2D eigenvalue weighted by Gasteiger charge is 2.20. The minimum Gasteiger partial charge on any atom is -0.393 e. The second-order valence-electron chi connectivity index (χ2n) is 5.41. The average molecular weight is 310 g/mol. The first-order valence-corrected chi connectivity index (χ1v) is 8.32. The molecule has 6 heteroatoms. The second kappa shape index (κ2) is 8.14. The summed E-state index contributed by atoms with van der Waals surface area (Å²) in [6.07, 6.45) is 4.08. The lowest BCUT2D eigenvalue weighted by atomic mass is 9.93. The Hall–Kier alpha value is -1.40. The molecule has 1 fully saturated rings. The van der Waals surface area contributed by atoms with Crippen molar-refractivity contribution in [2.24, 2.45) is 0 Å². The molecular formula is C15H22N2O3S. The molecular weight excluding hydrogens is 288 g/mol. The van der Waals surface area contributed by atoms with Gasteiger partial charge < -0.3 is 15.7 Å². The van der Waals surface area contributed by atoms with Crippen molar-refractivity contribution < 1.29 is 14.7 Å². The Morgan fingerprint density at radius 1 is 1.29 bits per heavy atom. The maximum absolute atomic E-state index is 11.8. The fraction of sp³-hybridized carbons (Fsp3) is 0.600. The molecule has 0 saturated heterocycles. The average Bonchev–Trinajstić information content (AvgIpc) is 3.00. The van der Waals surface area contributed by atoms with Gasteiger partial charge in [0, 0.05) is 19.0 Å². The molecule has 2 amide bonds. The number of aliphatic hydroxyl groups is 1. The van der Waals surface area contributed by atoms with E-state index in [1.54, 1.807) is 6.07 Å². The number of rotatable bonds is 6. The first-order chi connectivity index (χ1) is 10.1. The Balaban J connectivity index is 1.56. The number of hydrogen-bond acceptors (Lipinski definition) is 4. The van der Waals surface area contributed by atoms with Crippen molar-refractivity contribution in [3.8, 4) is 0 Å². The summed E-state index contributed by atoms with van der Waals surface area (Å²) in [7, 11) is 0. The zero-order valence-electron chi connectivity index (χ0n) is 12.0. The molecule has 1 aromatic heterocycles. The van der Waals surface area contributed by atoms with Gasteiger partial charge in [-0.25, -0.2) is 0 Å². The van der Waals surface area contributed by atoms with E-state index in [0.29, 0.717) is 24.3 Å². The Morgan fingerprint density at radius 2 is 2.05 bits per heavy atom. The zero-order chi connectivity index (χ0) is 15.1. The number of aliphatic hydroxyl groups excluding tert-OH is 1. The molecule has 116 valence electrons. The fourth-order valence-electron chi connectivity index (χ4n) is 2.47. The molecule has 1 aromatic rings. The summed E-state index contributed by atoms with van der Waals surface area (Å²) >= 11 is 1.41. The Labute approximate surface area is 128 Å². The van der Waals surface area contributed by atoms with Crippen molar-refractivity contribution in [3.63, 3.8) is 0 Å². The first-order valence-electron chi connectivity index (χ1n) is 7.44. The standard InChI is InChI=1S/C15H22N2O3S/c18-12-7-5-11(6-8-12)17-14(19)4-1-9-16-15(20)13-3-2-10-21-13/h2-3,10-12,18H,1,4-9H2,(H,16,20)(H,17,19). The fourth-order valence-corrected chi connectivity index (χ4v) is 3.11. The van der Waals surface area contributed by atoms with Crippen LogP contribution in [-0.2, 0) is 4.79 Å². The Kier molecular flexibility index (Phi) is 6.20. The van der Waals surface area contributed by atoms with Gasteiger partial charge in [-0.05, 0) is 43.6 Å². The first kappa shape index (κ1) is 16.0. The molecule has 0 aromatic carbocycles. The van der Waals surface area contributed by atoms with Crippen LogP contribution in [0.2, 0.25) is 0 Å². The summed E-state index contributed by atoms with van der Waals surface area (Å²) in [5.41, 5.74) is 0. The van der Waals surface area contributed by atoms with Crippen LogP contribution >= 0.6 is 11.3 Å². The number of nitrogens with one attached hydrogen (secondary N) is 2. The monoisotopic (exact) mass is 310 g/mol. The van der Waals surface area contributed by atoms with Crippen LogP contribution in [-0.4, -0.2) is 35.6 Å². The van der Waals surface area contributed by atoms with E-state index in [1.165, 1.54) is 11.3 Å². The number of carbonyl (C=O) groups excluding carboxylic acids is 2. The van der Waals surface area contributed by atoms with Gasteiger partial charge in [-0.3, -0.25) is 9.59 Å². The predicted molar refractivity (Wildman–Crippen MR) is 82.3 cm³/mol. The van der Waals surface area contributed by atoms with Crippen LogP contribution in [0, 0.1) is 0 Å². The molecule has 0 radical (unpaired) electrons. The van der Waals surface area contributed by atoms with Gasteiger partial charge in [0.15, 0.2) is 0 Å². The molecule has 1 aliphatic carbocycles. The summed E-state index contributed by atoms with van der Waals surface area (Å²) < 4.78 is 0. The number of amides is 2. The molecule has 0 aliphatic heterocycles. The van der Waals surface area contributed by atoms with Crippen LogP contribution in [0.3, 0.4) is 0 Å². The normalized spacial score (nSPS) is 21.8. The van der Waals surface area contributed by atoms with Gasteiger partial charge in [-0.15, -0.1) is 11.3 Å². The zero-order valence-corrected chi connectivity index (χ0v) is 12.8. The van der Waals surface area contributed by atoms with Crippen molar-refractivity contribution in [2.45, 2.75) is 50.7 Å². The topological polar surface area (TPSA) is 78.4 Å². The minimum absolute atomic E-state index is 0.0294. The smallest absolute Gasteiger partial charge is 0.261 e. The molecule has 21 heavy (non-hydrogen) atoms. The van der Waals surface area contributed by atoms with E-state index in [1.807, 2.05) is 11.4 Å². The van der Waals surface area contributed by atoms with Crippen molar-refractivity contribution in [3.05, 3.63) is 22.4 Å². The Bertz CT molecular complexity index is 453. The molecule has 1 aliphatic rings. The van der Waals surface area contributed by atoms with Gasteiger partial charge in [-0.2, -0.15) is 0 Å². The molecule has 2 rings (SSSR count). The van der Waals surface area contributed by atoms with Crippen molar-refractivity contribution in [1.29, 1.82) is 0 Å². The van der Waals surface area contributed by atoms with Crippen LogP contribution < -0.4 is 10.6 Å². The lowest BCUT2D eigenvalue weighted by Gasteiger charge is -2.26. The number of thiophene rings is 1. The van der Waals surface area contributed by atoms with Gasteiger partial charge in [0.25, 0.3) is 5.91 Å². The van der Waals surface area contributed by atoms with Gasteiger partial charge in [0.05, 0.1) is 11.0 Å². The quantitative estimate of drug-likeness (QED) is 0.700. The van der Waals surface area contributed by atoms with Crippen LogP contribution in [0.25, 0.3) is 0 Å². The van der Waals surface area contributed by atoms with Crippen molar-refractivity contribution in [1.82, 2.24) is 10.6 Å². The molecule has 3 N–H and O–H groups in total.